The van der Waals surface area contributed by atoms with Crippen LogP contribution < -0.4 is 0 Å². The summed E-state index contributed by atoms with van der Waals surface area (Å²) in [5, 5.41) is 0. The molecule has 3 rings (SSSR count). The Bertz CT molecular complexity index is 895. The van der Waals surface area contributed by atoms with Crippen LogP contribution in [0.2, 0.25) is 0 Å². The minimum absolute atomic E-state index is 0.319. The van der Waals surface area contributed by atoms with E-state index < -0.39 is 53.4 Å². The van der Waals surface area contributed by atoms with Crippen LogP contribution in [0, 0.1) is 0 Å². The first-order valence-corrected chi connectivity index (χ1v) is 9.45. The average Bonchev–Trinajstić information content (AvgIpc) is 2.66. The molecular weight excluding hydrogens is 437 g/mol. The van der Waals surface area contributed by atoms with E-state index in [0.29, 0.717) is 49.6 Å². The fourth-order valence-corrected chi connectivity index (χ4v) is 3.85. The predicted octanol–water partition coefficient (Wildman–Crippen LogP) is 7.47. The molecule has 0 bridgehead atoms. The normalized spacial score (nSPS) is 18.9. The van der Waals surface area contributed by atoms with E-state index in [1.54, 1.807) is 4.90 Å². The number of likely N-dealkylation sites (tertiary alicyclic amines) is 1. The molecule has 170 valence electrons. The Labute approximate surface area is 172 Å². The summed E-state index contributed by atoms with van der Waals surface area (Å²) in [5.41, 5.74) is -3.22. The first-order chi connectivity index (χ1) is 14.3. The van der Waals surface area contributed by atoms with Gasteiger partial charge < -0.3 is 0 Å². The first-order valence-electron chi connectivity index (χ1n) is 9.45. The molecule has 1 aliphatic rings. The molecule has 2 aromatic carbocycles. The van der Waals surface area contributed by atoms with Crippen LogP contribution in [-0.2, 0) is 25.1 Å². The lowest BCUT2D eigenvalue weighted by Crippen LogP contribution is -2.33. The number of alkyl halides is 9. The fourth-order valence-electron chi connectivity index (χ4n) is 3.85. The SMILES string of the molecule is FC(F)(F)c1ccc([C@H]2CCCCN2Cc2cc(C(F)(F)F)ccc2C(F)(F)F)cc1. The van der Waals surface area contributed by atoms with Gasteiger partial charge in [0, 0.05) is 12.6 Å². The van der Waals surface area contributed by atoms with Gasteiger partial charge in [0.1, 0.15) is 0 Å². The third kappa shape index (κ3) is 5.53. The van der Waals surface area contributed by atoms with E-state index in [0.717, 1.165) is 12.1 Å². The average molecular weight is 455 g/mol. The van der Waals surface area contributed by atoms with Gasteiger partial charge in [-0.2, -0.15) is 39.5 Å². The molecule has 2 aromatic rings. The molecule has 1 aliphatic heterocycles. The lowest BCUT2D eigenvalue weighted by atomic mass is 9.93. The Hall–Kier alpha value is -2.23. The van der Waals surface area contributed by atoms with Crippen LogP contribution in [0.4, 0.5) is 39.5 Å². The van der Waals surface area contributed by atoms with Gasteiger partial charge in [0.25, 0.3) is 0 Å². The van der Waals surface area contributed by atoms with Crippen molar-refractivity contribution in [1.29, 1.82) is 0 Å². The summed E-state index contributed by atoms with van der Waals surface area (Å²) in [6.45, 7) is -0.0797. The van der Waals surface area contributed by atoms with Gasteiger partial charge in [-0.25, -0.2) is 0 Å². The summed E-state index contributed by atoms with van der Waals surface area (Å²) in [5.74, 6) is 0. The minimum atomic E-state index is -4.83. The number of piperidine rings is 1. The molecule has 1 atom stereocenters. The Morgan fingerprint density at radius 3 is 1.84 bits per heavy atom. The highest BCUT2D eigenvalue weighted by atomic mass is 19.4. The smallest absolute Gasteiger partial charge is 0.292 e. The molecule has 1 fully saturated rings. The van der Waals surface area contributed by atoms with Gasteiger partial charge in [0.2, 0.25) is 0 Å². The zero-order valence-electron chi connectivity index (χ0n) is 16.0. The Kier molecular flexibility index (Phi) is 6.32. The second-order valence-electron chi connectivity index (χ2n) is 7.47. The third-order valence-electron chi connectivity index (χ3n) is 5.35. The van der Waals surface area contributed by atoms with Crippen molar-refractivity contribution < 1.29 is 39.5 Å². The second-order valence-corrected chi connectivity index (χ2v) is 7.47. The minimum Gasteiger partial charge on any atom is -0.292 e. The Morgan fingerprint density at radius 2 is 1.29 bits per heavy atom. The maximum Gasteiger partial charge on any atom is 0.416 e. The van der Waals surface area contributed by atoms with Gasteiger partial charge >= 0.3 is 18.5 Å². The van der Waals surface area contributed by atoms with E-state index >= 15 is 0 Å². The zero-order valence-corrected chi connectivity index (χ0v) is 16.0. The summed E-state index contributed by atoms with van der Waals surface area (Å²) in [7, 11) is 0. The highest BCUT2D eigenvalue weighted by Crippen LogP contribution is 2.39. The molecule has 0 saturated carbocycles. The molecular formula is C21H18F9N. The summed E-state index contributed by atoms with van der Waals surface area (Å²) in [6.07, 6.45) is -12.4. The van der Waals surface area contributed by atoms with Crippen molar-refractivity contribution in [2.75, 3.05) is 6.54 Å². The number of halogens is 9. The van der Waals surface area contributed by atoms with E-state index in [9.17, 15) is 39.5 Å². The second kappa shape index (κ2) is 8.37. The molecule has 1 nitrogen and oxygen atoms in total. The molecule has 1 heterocycles. The van der Waals surface area contributed by atoms with Gasteiger partial charge in [-0.15, -0.1) is 0 Å². The number of benzene rings is 2. The predicted molar refractivity (Wildman–Crippen MR) is 94.9 cm³/mol. The topological polar surface area (TPSA) is 3.24 Å². The van der Waals surface area contributed by atoms with Crippen molar-refractivity contribution >= 4 is 0 Å². The Morgan fingerprint density at radius 1 is 0.710 bits per heavy atom. The molecule has 0 aliphatic carbocycles. The van der Waals surface area contributed by atoms with E-state index in [-0.39, 0.29) is 0 Å². The molecule has 1 saturated heterocycles. The highest BCUT2D eigenvalue weighted by molar-refractivity contribution is 5.36. The van der Waals surface area contributed by atoms with Crippen LogP contribution in [0.3, 0.4) is 0 Å². The van der Waals surface area contributed by atoms with Crippen molar-refractivity contribution in [2.24, 2.45) is 0 Å². The lowest BCUT2D eigenvalue weighted by molar-refractivity contribution is -0.142. The van der Waals surface area contributed by atoms with Crippen molar-refractivity contribution in [3.05, 3.63) is 70.3 Å². The largest absolute Gasteiger partial charge is 0.416 e. The lowest BCUT2D eigenvalue weighted by Gasteiger charge is -2.37. The van der Waals surface area contributed by atoms with Crippen molar-refractivity contribution in [3.63, 3.8) is 0 Å². The van der Waals surface area contributed by atoms with E-state index in [1.807, 2.05) is 0 Å². The van der Waals surface area contributed by atoms with E-state index in [1.165, 1.54) is 12.1 Å². The molecule has 0 amide bonds. The number of hydrogen-bond donors (Lipinski definition) is 0. The maximum atomic E-state index is 13.4. The monoisotopic (exact) mass is 455 g/mol. The highest BCUT2D eigenvalue weighted by Gasteiger charge is 2.38. The number of rotatable bonds is 3. The van der Waals surface area contributed by atoms with Crippen LogP contribution in [0.15, 0.2) is 42.5 Å². The van der Waals surface area contributed by atoms with Gasteiger partial charge in [-0.05, 0) is 60.8 Å². The van der Waals surface area contributed by atoms with Gasteiger partial charge in [-0.3, -0.25) is 4.90 Å². The molecule has 0 radical (unpaired) electrons. The summed E-state index contributed by atoms with van der Waals surface area (Å²) >= 11 is 0. The van der Waals surface area contributed by atoms with Crippen LogP contribution in [0.25, 0.3) is 0 Å². The van der Waals surface area contributed by atoms with Gasteiger partial charge in [0.05, 0.1) is 16.7 Å². The standard InChI is InChI=1S/C21H18F9N/c22-19(23,24)15-6-4-13(5-7-15)18-3-1-2-10-31(18)12-14-11-16(20(25,26)27)8-9-17(14)21(28,29)30/h4-9,11,18H,1-3,10,12H2/t18-/m1/s1. The van der Waals surface area contributed by atoms with E-state index in [4.69, 9.17) is 0 Å². The summed E-state index contributed by atoms with van der Waals surface area (Å²) in [4.78, 5) is 1.59. The first kappa shape index (κ1) is 23.4. The summed E-state index contributed by atoms with van der Waals surface area (Å²) in [6, 6.07) is 5.16. The van der Waals surface area contributed by atoms with Crippen LogP contribution in [-0.4, -0.2) is 11.4 Å². The fraction of sp³-hybridized carbons (Fsp3) is 0.429. The molecule has 0 aromatic heterocycles. The Balaban J connectivity index is 1.94. The maximum absolute atomic E-state index is 13.4. The van der Waals surface area contributed by atoms with Crippen LogP contribution in [0.5, 0.6) is 0 Å². The molecule has 31 heavy (non-hydrogen) atoms. The van der Waals surface area contributed by atoms with Crippen LogP contribution >= 0.6 is 0 Å². The van der Waals surface area contributed by atoms with Gasteiger partial charge in [-0.1, -0.05) is 18.6 Å². The van der Waals surface area contributed by atoms with Crippen LogP contribution in [0.1, 0.15) is 53.1 Å². The van der Waals surface area contributed by atoms with E-state index in [2.05, 4.69) is 0 Å². The van der Waals surface area contributed by atoms with Crippen molar-refractivity contribution in [1.82, 2.24) is 4.90 Å². The molecule has 0 spiro atoms. The molecule has 0 N–H and O–H groups in total. The van der Waals surface area contributed by atoms with Gasteiger partial charge in [0.15, 0.2) is 0 Å². The number of nitrogens with zero attached hydrogens (tertiary/aromatic N) is 1. The molecule has 10 heteroatoms. The van der Waals surface area contributed by atoms with Crippen molar-refractivity contribution in [3.8, 4) is 0 Å². The third-order valence-corrected chi connectivity index (χ3v) is 5.35. The summed E-state index contributed by atoms with van der Waals surface area (Å²) < 4.78 is 118. The zero-order chi connectivity index (χ0) is 23.0. The quantitative estimate of drug-likeness (QED) is 0.434. The van der Waals surface area contributed by atoms with Crippen molar-refractivity contribution in [2.45, 2.75) is 50.4 Å². The molecule has 0 unspecified atom stereocenters. The number of hydrogen-bond acceptors (Lipinski definition) is 1.